The number of aromatic nitrogens is 3. The molecule has 0 amide bonds. The molecular weight excluding hydrogens is 502 g/mol. The van der Waals surface area contributed by atoms with E-state index < -0.39 is 0 Å². The maximum Gasteiger partial charge on any atom is 0.247 e. The van der Waals surface area contributed by atoms with Crippen molar-refractivity contribution in [2.45, 2.75) is 57.4 Å². The quantitative estimate of drug-likeness (QED) is 0.293. The van der Waals surface area contributed by atoms with Crippen LogP contribution in [0.25, 0.3) is 33.6 Å². The highest BCUT2D eigenvalue weighted by atomic mass is 16.5. The molecule has 2 aliphatic rings. The second-order valence-electron chi connectivity index (χ2n) is 11.7. The summed E-state index contributed by atoms with van der Waals surface area (Å²) in [6.07, 6.45) is 4.72. The van der Waals surface area contributed by atoms with Crippen molar-refractivity contribution in [3.8, 4) is 34.2 Å². The van der Waals surface area contributed by atoms with Crippen molar-refractivity contribution >= 4 is 10.9 Å². The molecule has 2 aromatic carbocycles. The van der Waals surface area contributed by atoms with E-state index in [4.69, 9.17) is 13.9 Å². The Hall–Kier alpha value is -3.36. The molecule has 0 spiro atoms. The molecule has 0 atom stereocenters. The van der Waals surface area contributed by atoms with E-state index in [-0.39, 0.29) is 0 Å². The molecule has 0 saturated carbocycles. The van der Waals surface area contributed by atoms with E-state index in [1.54, 1.807) is 14.2 Å². The van der Waals surface area contributed by atoms with Gasteiger partial charge in [0.05, 0.1) is 19.9 Å². The fourth-order valence-electron chi connectivity index (χ4n) is 6.55. The van der Waals surface area contributed by atoms with Crippen molar-refractivity contribution in [2.24, 2.45) is 0 Å². The van der Waals surface area contributed by atoms with Gasteiger partial charge in [-0.2, -0.15) is 0 Å². The number of hydrogen-bond donors (Lipinski definition) is 1. The van der Waals surface area contributed by atoms with Crippen LogP contribution < -0.4 is 9.47 Å². The highest BCUT2D eigenvalue weighted by Crippen LogP contribution is 2.40. The third-order valence-corrected chi connectivity index (χ3v) is 8.86. The molecule has 2 aromatic heterocycles. The van der Waals surface area contributed by atoms with Gasteiger partial charge in [0.1, 0.15) is 0 Å². The molecule has 4 aromatic rings. The smallest absolute Gasteiger partial charge is 0.247 e. The Balaban J connectivity index is 1.23. The molecule has 1 N–H and O–H groups in total. The van der Waals surface area contributed by atoms with E-state index in [1.807, 2.05) is 12.1 Å². The van der Waals surface area contributed by atoms with E-state index in [0.717, 1.165) is 66.0 Å². The fourth-order valence-corrected chi connectivity index (χ4v) is 6.55. The highest BCUT2D eigenvalue weighted by Gasteiger charge is 2.30. The van der Waals surface area contributed by atoms with Crippen molar-refractivity contribution in [3.05, 3.63) is 47.9 Å². The van der Waals surface area contributed by atoms with Crippen molar-refractivity contribution < 1.29 is 13.9 Å². The molecule has 8 heteroatoms. The van der Waals surface area contributed by atoms with Gasteiger partial charge in [0.2, 0.25) is 11.8 Å². The van der Waals surface area contributed by atoms with Crippen LogP contribution in [0, 0.1) is 0 Å². The first-order chi connectivity index (χ1) is 19.4. The third-order valence-electron chi connectivity index (χ3n) is 8.86. The summed E-state index contributed by atoms with van der Waals surface area (Å²) in [6, 6.07) is 13.1. The van der Waals surface area contributed by atoms with Gasteiger partial charge in [-0.25, -0.2) is 0 Å². The summed E-state index contributed by atoms with van der Waals surface area (Å²) in [7, 11) is 5.55. The molecule has 212 valence electrons. The van der Waals surface area contributed by atoms with Gasteiger partial charge in [0.25, 0.3) is 0 Å². The van der Waals surface area contributed by atoms with Crippen LogP contribution in [0.5, 0.6) is 11.5 Å². The van der Waals surface area contributed by atoms with Crippen LogP contribution >= 0.6 is 0 Å². The molecule has 2 fully saturated rings. The number of aromatic amines is 1. The molecule has 6 rings (SSSR count). The fraction of sp³-hybridized carbons (Fsp3) is 0.500. The Morgan fingerprint density at radius 2 is 1.60 bits per heavy atom. The van der Waals surface area contributed by atoms with Gasteiger partial charge in [0, 0.05) is 34.0 Å². The second-order valence-corrected chi connectivity index (χ2v) is 11.7. The Labute approximate surface area is 236 Å². The van der Waals surface area contributed by atoms with E-state index in [9.17, 15) is 0 Å². The monoisotopic (exact) mass is 543 g/mol. The molecule has 4 heterocycles. The molecule has 2 saturated heterocycles. The molecule has 40 heavy (non-hydrogen) atoms. The number of nitrogens with zero attached hydrogens (tertiary/aromatic N) is 4. The predicted octanol–water partition coefficient (Wildman–Crippen LogP) is 6.30. The standard InChI is InChI=1S/C32H41N5O3/c1-20(2)29-25-18-23(6-8-26(25)33-30(29)22-7-9-27(38-4)28(19-22)39-5)32-35-34-31(40-32)21-10-16-37(17-11-21)24-12-14-36(3)15-13-24/h6-9,18-21,24,33H,10-17H2,1-5H3. The number of piperidine rings is 2. The van der Waals surface area contributed by atoms with Crippen LogP contribution in [0.2, 0.25) is 0 Å². The van der Waals surface area contributed by atoms with Crippen LogP contribution in [-0.2, 0) is 0 Å². The largest absolute Gasteiger partial charge is 0.493 e. The number of benzene rings is 2. The highest BCUT2D eigenvalue weighted by molar-refractivity contribution is 5.94. The molecule has 0 unspecified atom stereocenters. The first-order valence-corrected chi connectivity index (χ1v) is 14.6. The van der Waals surface area contributed by atoms with Crippen LogP contribution in [0.15, 0.2) is 40.8 Å². The van der Waals surface area contributed by atoms with Crippen LogP contribution in [0.3, 0.4) is 0 Å². The SMILES string of the molecule is COc1ccc(-c2[nH]c3ccc(-c4nnc(C5CCN(C6CCN(C)CC6)CC5)o4)cc3c2C(C)C)cc1OC. The maximum absolute atomic E-state index is 6.31. The Kier molecular flexibility index (Phi) is 7.55. The summed E-state index contributed by atoms with van der Waals surface area (Å²) < 4.78 is 17.3. The average molecular weight is 544 g/mol. The first-order valence-electron chi connectivity index (χ1n) is 14.6. The van der Waals surface area contributed by atoms with Crippen molar-refractivity contribution in [3.63, 3.8) is 0 Å². The van der Waals surface area contributed by atoms with E-state index >= 15 is 0 Å². The lowest BCUT2D eigenvalue weighted by Crippen LogP contribution is -2.46. The van der Waals surface area contributed by atoms with E-state index in [2.05, 4.69) is 70.1 Å². The van der Waals surface area contributed by atoms with Gasteiger partial charge < -0.3 is 28.7 Å². The summed E-state index contributed by atoms with van der Waals surface area (Å²) in [5, 5.41) is 10.2. The Morgan fingerprint density at radius 1 is 0.875 bits per heavy atom. The maximum atomic E-state index is 6.31. The van der Waals surface area contributed by atoms with Crippen LogP contribution in [-0.4, -0.2) is 78.5 Å². The molecule has 0 bridgehead atoms. The first kappa shape index (κ1) is 26.8. The molecular formula is C32H41N5O3. The summed E-state index contributed by atoms with van der Waals surface area (Å²) >= 11 is 0. The topological polar surface area (TPSA) is 79.7 Å². The Bertz CT molecular complexity index is 1460. The van der Waals surface area contributed by atoms with Gasteiger partial charge >= 0.3 is 0 Å². The number of rotatable bonds is 7. The van der Waals surface area contributed by atoms with Gasteiger partial charge in [-0.1, -0.05) is 13.8 Å². The normalized spacial score (nSPS) is 18.1. The average Bonchev–Trinajstić information content (AvgIpc) is 3.63. The van der Waals surface area contributed by atoms with Crippen molar-refractivity contribution in [1.82, 2.24) is 25.0 Å². The van der Waals surface area contributed by atoms with Crippen LogP contribution in [0.1, 0.15) is 62.8 Å². The number of likely N-dealkylation sites (tertiary alicyclic amines) is 2. The summed E-state index contributed by atoms with van der Waals surface area (Å²) in [5.74, 6) is 3.45. The molecule has 8 nitrogen and oxygen atoms in total. The lowest BCUT2D eigenvalue weighted by Gasteiger charge is -2.40. The molecule has 2 aliphatic heterocycles. The second kappa shape index (κ2) is 11.3. The predicted molar refractivity (Wildman–Crippen MR) is 158 cm³/mol. The summed E-state index contributed by atoms with van der Waals surface area (Å²) in [6.45, 7) is 9.09. The Morgan fingerprint density at radius 3 is 2.30 bits per heavy atom. The molecule has 0 aliphatic carbocycles. The number of nitrogens with one attached hydrogen (secondary N) is 1. The minimum atomic E-state index is 0.306. The minimum Gasteiger partial charge on any atom is -0.493 e. The van der Waals surface area contributed by atoms with Gasteiger partial charge in [-0.05, 0) is 107 Å². The molecule has 0 radical (unpaired) electrons. The summed E-state index contributed by atoms with van der Waals surface area (Å²) in [4.78, 5) is 8.77. The number of fused-ring (bicyclic) bond motifs is 1. The minimum absolute atomic E-state index is 0.306. The van der Waals surface area contributed by atoms with Crippen molar-refractivity contribution in [1.29, 1.82) is 0 Å². The zero-order valence-corrected chi connectivity index (χ0v) is 24.4. The lowest BCUT2D eigenvalue weighted by molar-refractivity contribution is 0.0933. The number of hydrogen-bond acceptors (Lipinski definition) is 7. The van der Waals surface area contributed by atoms with Gasteiger partial charge in [0.15, 0.2) is 11.5 Å². The van der Waals surface area contributed by atoms with Crippen molar-refractivity contribution in [2.75, 3.05) is 47.4 Å². The third kappa shape index (κ3) is 5.10. The number of ether oxygens (including phenoxy) is 2. The number of methoxy groups -OCH3 is 2. The zero-order valence-electron chi connectivity index (χ0n) is 24.4. The number of H-pyrrole nitrogens is 1. The van der Waals surface area contributed by atoms with E-state index in [1.165, 1.54) is 36.9 Å². The van der Waals surface area contributed by atoms with Gasteiger partial charge in [-0.3, -0.25) is 0 Å². The van der Waals surface area contributed by atoms with E-state index in [0.29, 0.717) is 23.5 Å². The van der Waals surface area contributed by atoms with Crippen LogP contribution in [0.4, 0.5) is 0 Å². The zero-order chi connectivity index (χ0) is 27.8. The van der Waals surface area contributed by atoms with Gasteiger partial charge in [-0.15, -0.1) is 10.2 Å². The summed E-state index contributed by atoms with van der Waals surface area (Å²) in [5.41, 5.74) is 5.44. The lowest BCUT2D eigenvalue weighted by atomic mass is 9.93.